The Labute approximate surface area is 178 Å². The van der Waals surface area contributed by atoms with E-state index in [4.69, 9.17) is 9.47 Å². The molecule has 1 N–H and O–H groups in total. The molecule has 1 aliphatic carbocycles. The fraction of sp³-hybridized carbons (Fsp3) is 0.609. The molecule has 1 aliphatic heterocycles. The number of hydrogen-bond acceptors (Lipinski definition) is 5. The molecular weight excluding hydrogens is 384 g/mol. The second kappa shape index (κ2) is 9.06. The molecule has 3 amide bonds. The highest BCUT2D eigenvalue weighted by Crippen LogP contribution is 2.43. The van der Waals surface area contributed by atoms with Gasteiger partial charge in [0.25, 0.3) is 5.91 Å². The number of imide groups is 1. The quantitative estimate of drug-likeness (QED) is 0.418. The summed E-state index contributed by atoms with van der Waals surface area (Å²) in [6.45, 7) is 6.86. The lowest BCUT2D eigenvalue weighted by molar-refractivity contribution is -0.148. The third-order valence-corrected chi connectivity index (χ3v) is 6.16. The molecule has 30 heavy (non-hydrogen) atoms. The molecule has 0 atom stereocenters. The zero-order valence-corrected chi connectivity index (χ0v) is 18.1. The van der Waals surface area contributed by atoms with Crippen LogP contribution in [0.2, 0.25) is 0 Å². The maximum Gasteiger partial charge on any atom is 0.326 e. The SMILES string of the molecule is CC(C)(C)C1CCC2(CC1)NC(=O)N(CC(=O)OCCCOc1ccccc1)C2=O. The van der Waals surface area contributed by atoms with Crippen LogP contribution in [0.15, 0.2) is 30.3 Å². The molecule has 1 saturated heterocycles. The number of carbonyl (C=O) groups is 3. The molecule has 3 rings (SSSR count). The average Bonchev–Trinajstić information content (AvgIpc) is 2.92. The standard InChI is InChI=1S/C23H32N2O5/c1-22(2,3)17-10-12-23(13-11-17)20(27)25(21(28)24-23)16-19(26)30-15-7-14-29-18-8-5-4-6-9-18/h4-6,8-9,17H,7,10-16H2,1-3H3,(H,24,28). The topological polar surface area (TPSA) is 84.9 Å². The maximum atomic E-state index is 12.9. The second-order valence-electron chi connectivity index (χ2n) is 9.28. The monoisotopic (exact) mass is 416 g/mol. The molecule has 164 valence electrons. The van der Waals surface area contributed by atoms with E-state index in [2.05, 4.69) is 26.1 Å². The van der Waals surface area contributed by atoms with E-state index in [1.807, 2.05) is 30.3 Å². The zero-order valence-electron chi connectivity index (χ0n) is 18.1. The Balaban J connectivity index is 1.42. The molecular formula is C23H32N2O5. The normalized spacial score (nSPS) is 24.1. The Morgan fingerprint density at radius 3 is 2.43 bits per heavy atom. The van der Waals surface area contributed by atoms with E-state index in [1.165, 1.54) is 0 Å². The van der Waals surface area contributed by atoms with Crippen LogP contribution < -0.4 is 10.1 Å². The van der Waals surface area contributed by atoms with Crippen molar-refractivity contribution in [2.75, 3.05) is 19.8 Å². The van der Waals surface area contributed by atoms with Gasteiger partial charge in [-0.1, -0.05) is 39.0 Å². The van der Waals surface area contributed by atoms with Crippen LogP contribution in [0.5, 0.6) is 5.75 Å². The van der Waals surface area contributed by atoms with Crippen molar-refractivity contribution in [3.8, 4) is 5.75 Å². The van der Waals surface area contributed by atoms with Gasteiger partial charge in [-0.05, 0) is 49.1 Å². The van der Waals surface area contributed by atoms with Crippen molar-refractivity contribution in [2.24, 2.45) is 11.3 Å². The molecule has 7 nitrogen and oxygen atoms in total. The Morgan fingerprint density at radius 1 is 1.13 bits per heavy atom. The van der Waals surface area contributed by atoms with Gasteiger partial charge in [0.15, 0.2) is 0 Å². The van der Waals surface area contributed by atoms with Gasteiger partial charge in [-0.15, -0.1) is 0 Å². The van der Waals surface area contributed by atoms with Crippen molar-refractivity contribution >= 4 is 17.9 Å². The van der Waals surface area contributed by atoms with Crippen LogP contribution in [0, 0.1) is 11.3 Å². The maximum absolute atomic E-state index is 12.9. The van der Waals surface area contributed by atoms with Gasteiger partial charge in [0.05, 0.1) is 13.2 Å². The Kier molecular flexibility index (Phi) is 6.68. The lowest BCUT2D eigenvalue weighted by Crippen LogP contribution is -2.50. The summed E-state index contributed by atoms with van der Waals surface area (Å²) in [7, 11) is 0. The van der Waals surface area contributed by atoms with Gasteiger partial charge in [0, 0.05) is 6.42 Å². The predicted molar refractivity (Wildman–Crippen MR) is 112 cm³/mol. The fourth-order valence-corrected chi connectivity index (χ4v) is 4.26. The largest absolute Gasteiger partial charge is 0.493 e. The van der Waals surface area contributed by atoms with Crippen LogP contribution in [0.1, 0.15) is 52.9 Å². The minimum Gasteiger partial charge on any atom is -0.493 e. The molecule has 1 spiro atoms. The molecule has 2 aliphatic rings. The van der Waals surface area contributed by atoms with E-state index in [9.17, 15) is 14.4 Å². The van der Waals surface area contributed by atoms with Crippen molar-refractivity contribution in [3.63, 3.8) is 0 Å². The number of para-hydroxylation sites is 1. The molecule has 0 bridgehead atoms. The molecule has 1 saturated carbocycles. The van der Waals surface area contributed by atoms with Gasteiger partial charge in [0.1, 0.15) is 17.8 Å². The number of ether oxygens (including phenoxy) is 2. The van der Waals surface area contributed by atoms with E-state index in [0.717, 1.165) is 23.5 Å². The number of carbonyl (C=O) groups excluding carboxylic acids is 3. The number of rotatable bonds is 7. The van der Waals surface area contributed by atoms with E-state index in [-0.39, 0.29) is 24.5 Å². The number of urea groups is 1. The number of hydrogen-bond donors (Lipinski definition) is 1. The first-order chi connectivity index (χ1) is 14.2. The molecule has 0 unspecified atom stereocenters. The van der Waals surface area contributed by atoms with Gasteiger partial charge in [-0.3, -0.25) is 14.5 Å². The van der Waals surface area contributed by atoms with E-state index >= 15 is 0 Å². The third kappa shape index (κ3) is 5.12. The summed E-state index contributed by atoms with van der Waals surface area (Å²) in [5.41, 5.74) is -0.677. The van der Waals surface area contributed by atoms with Crippen LogP contribution in [0.25, 0.3) is 0 Å². The van der Waals surface area contributed by atoms with Crippen LogP contribution in [0.4, 0.5) is 4.79 Å². The molecule has 1 heterocycles. The van der Waals surface area contributed by atoms with E-state index in [0.29, 0.717) is 31.8 Å². The highest BCUT2D eigenvalue weighted by atomic mass is 16.5. The lowest BCUT2D eigenvalue weighted by atomic mass is 9.67. The lowest BCUT2D eigenvalue weighted by Gasteiger charge is -2.40. The summed E-state index contributed by atoms with van der Waals surface area (Å²) < 4.78 is 10.7. The number of nitrogens with zero attached hydrogens (tertiary/aromatic N) is 1. The van der Waals surface area contributed by atoms with Crippen LogP contribution in [-0.4, -0.2) is 48.1 Å². The van der Waals surface area contributed by atoms with Crippen molar-refractivity contribution < 1.29 is 23.9 Å². The van der Waals surface area contributed by atoms with Crippen LogP contribution in [0.3, 0.4) is 0 Å². The highest BCUT2D eigenvalue weighted by molar-refractivity contribution is 6.08. The first kappa shape index (κ1) is 22.1. The van der Waals surface area contributed by atoms with Crippen molar-refractivity contribution in [1.82, 2.24) is 10.2 Å². The minimum atomic E-state index is -0.858. The summed E-state index contributed by atoms with van der Waals surface area (Å²) in [5.74, 6) is 0.391. The number of amides is 3. The van der Waals surface area contributed by atoms with E-state index < -0.39 is 17.5 Å². The summed E-state index contributed by atoms with van der Waals surface area (Å²) in [5, 5.41) is 2.85. The predicted octanol–water partition coefficient (Wildman–Crippen LogP) is 3.53. The zero-order chi connectivity index (χ0) is 21.8. The molecule has 0 aromatic heterocycles. The Hall–Kier alpha value is -2.57. The summed E-state index contributed by atoms with van der Waals surface area (Å²) >= 11 is 0. The average molecular weight is 417 g/mol. The summed E-state index contributed by atoms with van der Waals surface area (Å²) in [6, 6.07) is 8.89. The van der Waals surface area contributed by atoms with Crippen molar-refractivity contribution in [1.29, 1.82) is 0 Å². The summed E-state index contributed by atoms with van der Waals surface area (Å²) in [4.78, 5) is 38.4. The molecule has 1 aromatic rings. The highest BCUT2D eigenvalue weighted by Gasteiger charge is 2.53. The van der Waals surface area contributed by atoms with Crippen molar-refractivity contribution in [2.45, 2.75) is 58.4 Å². The van der Waals surface area contributed by atoms with Gasteiger partial charge >= 0.3 is 12.0 Å². The first-order valence-corrected chi connectivity index (χ1v) is 10.7. The van der Waals surface area contributed by atoms with Gasteiger partial charge in [0.2, 0.25) is 0 Å². The van der Waals surface area contributed by atoms with Gasteiger partial charge < -0.3 is 14.8 Å². The number of benzene rings is 1. The van der Waals surface area contributed by atoms with Gasteiger partial charge in [-0.25, -0.2) is 4.79 Å². The number of nitrogens with one attached hydrogen (secondary N) is 1. The molecule has 7 heteroatoms. The number of esters is 1. The summed E-state index contributed by atoms with van der Waals surface area (Å²) in [6.07, 6.45) is 3.52. The first-order valence-electron chi connectivity index (χ1n) is 10.7. The van der Waals surface area contributed by atoms with Crippen LogP contribution in [-0.2, 0) is 14.3 Å². The van der Waals surface area contributed by atoms with Crippen LogP contribution >= 0.6 is 0 Å². The Morgan fingerprint density at radius 2 is 1.80 bits per heavy atom. The molecule has 0 radical (unpaired) electrons. The molecule has 2 fully saturated rings. The second-order valence-corrected chi connectivity index (χ2v) is 9.28. The third-order valence-electron chi connectivity index (χ3n) is 6.16. The Bertz CT molecular complexity index is 764. The van der Waals surface area contributed by atoms with Crippen molar-refractivity contribution in [3.05, 3.63) is 30.3 Å². The minimum absolute atomic E-state index is 0.174. The smallest absolute Gasteiger partial charge is 0.326 e. The molecule has 1 aromatic carbocycles. The fourth-order valence-electron chi connectivity index (χ4n) is 4.26. The van der Waals surface area contributed by atoms with Gasteiger partial charge in [-0.2, -0.15) is 0 Å². The van der Waals surface area contributed by atoms with E-state index in [1.54, 1.807) is 0 Å².